The molecule has 1 aromatic carbocycles. The van der Waals surface area contributed by atoms with E-state index in [2.05, 4.69) is 15.9 Å². The minimum Gasteiger partial charge on any atom is -0.307 e. The number of carbonyl (C=O) groups is 1. The summed E-state index contributed by atoms with van der Waals surface area (Å²) < 4.78 is 2.45. The van der Waals surface area contributed by atoms with Crippen LogP contribution in [-0.2, 0) is 4.79 Å². The van der Waals surface area contributed by atoms with Gasteiger partial charge in [-0.2, -0.15) is 0 Å². The maximum Gasteiger partial charge on any atom is 0.106 e. The average molecular weight is 322 g/mol. The third kappa shape index (κ3) is 4.24. The van der Waals surface area contributed by atoms with E-state index in [1.165, 1.54) is 58.0 Å². The second kappa shape index (κ2) is 8.56. The molecule has 1 spiro atoms. The van der Waals surface area contributed by atoms with E-state index in [1.807, 2.05) is 25.0 Å². The predicted octanol–water partition coefficient (Wildman–Crippen LogP) is 4.36. The van der Waals surface area contributed by atoms with Crippen LogP contribution in [0, 0.1) is 5.41 Å². The number of nitrogens with zero attached hydrogens (tertiary/aromatic N) is 1. The first kappa shape index (κ1) is 17.3. The summed E-state index contributed by atoms with van der Waals surface area (Å²) in [6, 6.07) is 7.94. The fourth-order valence-electron chi connectivity index (χ4n) is 3.63. The molecule has 2 aliphatic rings. The van der Waals surface area contributed by atoms with Gasteiger partial charge in [0.1, 0.15) is 6.79 Å². The zero-order chi connectivity index (χ0) is 15.8. The molecule has 1 aliphatic carbocycles. The van der Waals surface area contributed by atoms with Crippen molar-refractivity contribution in [2.24, 2.45) is 5.41 Å². The molecule has 1 aromatic rings. The minimum absolute atomic E-state index is 0.657. The van der Waals surface area contributed by atoms with Gasteiger partial charge < -0.3 is 4.79 Å². The Bertz CT molecular complexity index is 454. The van der Waals surface area contributed by atoms with Crippen LogP contribution in [0.1, 0.15) is 44.9 Å². The fraction of sp³-hybridized carbons (Fsp3) is 0.588. The van der Waals surface area contributed by atoms with Gasteiger partial charge in [-0.05, 0) is 55.2 Å². The van der Waals surface area contributed by atoms with Crippen molar-refractivity contribution in [1.82, 2.24) is 4.31 Å². The van der Waals surface area contributed by atoms with Gasteiger partial charge in [0, 0.05) is 18.0 Å². The zero-order valence-corrected chi connectivity index (χ0v) is 13.9. The Morgan fingerprint density at radius 2 is 1.68 bits per heavy atom. The molecule has 0 radical (unpaired) electrons. The number of piperidine rings is 1. The van der Waals surface area contributed by atoms with Crippen molar-refractivity contribution < 1.29 is 10.0 Å². The number of hydrogen-bond acceptors (Lipinski definition) is 5. The van der Waals surface area contributed by atoms with Gasteiger partial charge >= 0.3 is 0 Å². The minimum atomic E-state index is 0.657. The van der Waals surface area contributed by atoms with Gasteiger partial charge in [-0.15, -0.1) is 0 Å². The Hall–Kier alpha value is -1.04. The molecule has 1 aliphatic heterocycles. The number of carbonyl (C=O) groups excluding carboxylic acids is 1. The molecule has 2 N–H and O–H groups in total. The van der Waals surface area contributed by atoms with E-state index in [9.17, 15) is 0 Å². The van der Waals surface area contributed by atoms with Gasteiger partial charge in [-0.3, -0.25) is 10.7 Å². The predicted molar refractivity (Wildman–Crippen MR) is 91.2 cm³/mol. The highest BCUT2D eigenvalue weighted by Gasteiger charge is 2.35. The number of hydrogen-bond donors (Lipinski definition) is 2. The summed E-state index contributed by atoms with van der Waals surface area (Å²) in [5, 5.41) is 9.16. The van der Waals surface area contributed by atoms with Crippen LogP contribution >= 0.6 is 11.9 Å². The third-order valence-corrected chi connectivity index (χ3v) is 6.11. The Morgan fingerprint density at radius 3 is 2.32 bits per heavy atom. The SMILES string of the molecule is C=O.ONc1ccccc1SN1CCC2(CCCCC2)CC1. The van der Waals surface area contributed by atoms with Crippen LogP contribution in [0.4, 0.5) is 5.69 Å². The zero-order valence-electron chi connectivity index (χ0n) is 13.1. The van der Waals surface area contributed by atoms with Gasteiger partial charge in [0.25, 0.3) is 0 Å². The van der Waals surface area contributed by atoms with Crippen LogP contribution in [0.2, 0.25) is 0 Å². The second-order valence-corrected chi connectivity index (χ2v) is 7.33. The van der Waals surface area contributed by atoms with Crippen molar-refractivity contribution >= 4 is 24.4 Å². The van der Waals surface area contributed by atoms with E-state index in [4.69, 9.17) is 10.0 Å². The molecule has 0 aromatic heterocycles. The van der Waals surface area contributed by atoms with Gasteiger partial charge in [0.2, 0.25) is 0 Å². The lowest BCUT2D eigenvalue weighted by molar-refractivity contribution is -0.0979. The first-order valence-electron chi connectivity index (χ1n) is 8.02. The second-order valence-electron chi connectivity index (χ2n) is 6.19. The normalized spacial score (nSPS) is 21.0. The van der Waals surface area contributed by atoms with Crippen LogP contribution in [0.3, 0.4) is 0 Å². The van der Waals surface area contributed by atoms with Gasteiger partial charge in [0.05, 0.1) is 5.69 Å². The maximum absolute atomic E-state index is 9.16. The molecule has 1 heterocycles. The summed E-state index contributed by atoms with van der Waals surface area (Å²) in [5.41, 5.74) is 3.75. The van der Waals surface area contributed by atoms with E-state index in [-0.39, 0.29) is 0 Å². The van der Waals surface area contributed by atoms with Crippen LogP contribution < -0.4 is 5.48 Å². The van der Waals surface area contributed by atoms with E-state index >= 15 is 0 Å². The highest BCUT2D eigenvalue weighted by atomic mass is 32.2. The number of nitrogens with one attached hydrogen (secondary N) is 1. The maximum atomic E-state index is 9.16. The molecule has 0 bridgehead atoms. The molecule has 0 unspecified atom stereocenters. The molecule has 1 saturated heterocycles. The molecule has 2 fully saturated rings. The lowest BCUT2D eigenvalue weighted by Crippen LogP contribution is -2.38. The van der Waals surface area contributed by atoms with Gasteiger partial charge in [-0.25, -0.2) is 4.31 Å². The molecule has 5 heteroatoms. The van der Waals surface area contributed by atoms with Crippen molar-refractivity contribution in [2.45, 2.75) is 49.8 Å². The van der Waals surface area contributed by atoms with Crippen LogP contribution in [0.15, 0.2) is 29.2 Å². The van der Waals surface area contributed by atoms with Crippen molar-refractivity contribution in [3.8, 4) is 0 Å². The first-order chi connectivity index (χ1) is 10.8. The summed E-state index contributed by atoms with van der Waals surface area (Å²) >= 11 is 1.77. The summed E-state index contributed by atoms with van der Waals surface area (Å²) in [4.78, 5) is 9.11. The fourth-order valence-corrected chi connectivity index (χ4v) is 4.63. The van der Waals surface area contributed by atoms with Crippen molar-refractivity contribution in [3.63, 3.8) is 0 Å². The quantitative estimate of drug-likeness (QED) is 0.640. The number of benzene rings is 1. The molecular formula is C17H26N2O2S. The van der Waals surface area contributed by atoms with Crippen molar-refractivity contribution in [1.29, 1.82) is 0 Å². The molecule has 3 rings (SSSR count). The average Bonchev–Trinajstić information content (AvgIpc) is 2.60. The van der Waals surface area contributed by atoms with E-state index in [1.54, 1.807) is 11.9 Å². The molecule has 4 nitrogen and oxygen atoms in total. The molecule has 22 heavy (non-hydrogen) atoms. The van der Waals surface area contributed by atoms with E-state index in [0.29, 0.717) is 5.41 Å². The molecule has 0 amide bonds. The molecule has 122 valence electrons. The van der Waals surface area contributed by atoms with Crippen molar-refractivity contribution in [3.05, 3.63) is 24.3 Å². The Labute approximate surface area is 137 Å². The standard InChI is InChI=1S/C16H24N2OS.CH2O/c19-17-14-6-2-3-7-15(14)20-18-12-10-16(11-13-18)8-4-1-5-9-16;1-2/h2-3,6-7,17,19H,1,4-5,8-13H2;1H2. The van der Waals surface area contributed by atoms with Crippen LogP contribution in [0.25, 0.3) is 0 Å². The third-order valence-electron chi connectivity index (χ3n) is 4.93. The van der Waals surface area contributed by atoms with Gasteiger partial charge in [-0.1, -0.05) is 31.4 Å². The number of rotatable bonds is 3. The lowest BCUT2D eigenvalue weighted by atomic mass is 9.68. The summed E-state index contributed by atoms with van der Waals surface area (Å²) in [5.74, 6) is 0. The summed E-state index contributed by atoms with van der Waals surface area (Å²) in [7, 11) is 0. The first-order valence-corrected chi connectivity index (χ1v) is 8.80. The Balaban J connectivity index is 0.000000847. The topological polar surface area (TPSA) is 52.6 Å². The molecule has 1 saturated carbocycles. The highest BCUT2D eigenvalue weighted by Crippen LogP contribution is 2.46. The van der Waals surface area contributed by atoms with E-state index in [0.717, 1.165) is 10.6 Å². The Morgan fingerprint density at radius 1 is 1.05 bits per heavy atom. The Kier molecular flexibility index (Phi) is 6.73. The van der Waals surface area contributed by atoms with Crippen LogP contribution in [-0.4, -0.2) is 29.4 Å². The highest BCUT2D eigenvalue weighted by molar-refractivity contribution is 7.97. The molecule has 0 atom stereocenters. The lowest BCUT2D eigenvalue weighted by Gasteiger charge is -2.43. The number of anilines is 1. The van der Waals surface area contributed by atoms with Crippen molar-refractivity contribution in [2.75, 3.05) is 18.6 Å². The number of para-hydroxylation sites is 1. The monoisotopic (exact) mass is 322 g/mol. The summed E-state index contributed by atoms with van der Waals surface area (Å²) in [6.07, 6.45) is 9.88. The molecular weight excluding hydrogens is 296 g/mol. The largest absolute Gasteiger partial charge is 0.307 e. The van der Waals surface area contributed by atoms with Gasteiger partial charge in [0.15, 0.2) is 0 Å². The smallest absolute Gasteiger partial charge is 0.106 e. The summed E-state index contributed by atoms with van der Waals surface area (Å²) in [6.45, 7) is 4.34. The van der Waals surface area contributed by atoms with E-state index < -0.39 is 0 Å². The van der Waals surface area contributed by atoms with Crippen LogP contribution in [0.5, 0.6) is 0 Å².